The number of allylic oxidation sites excluding steroid dienone is 1. The van der Waals surface area contributed by atoms with Gasteiger partial charge >= 0.3 is 11.9 Å². The first-order chi connectivity index (χ1) is 13.6. The summed E-state index contributed by atoms with van der Waals surface area (Å²) in [5, 5.41) is 9.41. The minimum absolute atomic E-state index is 0.0676. The van der Waals surface area contributed by atoms with Gasteiger partial charge in [0.1, 0.15) is 23.4 Å². The maximum Gasteiger partial charge on any atom is 0.320 e. The number of rotatable bonds is 8. The molecule has 29 heavy (non-hydrogen) atoms. The average Bonchev–Trinajstić information content (AvgIpc) is 3.52. The van der Waals surface area contributed by atoms with E-state index in [1.165, 1.54) is 5.57 Å². The molecular weight excluding hydrogens is 376 g/mol. The zero-order chi connectivity index (χ0) is 21.6. The van der Waals surface area contributed by atoms with Crippen LogP contribution in [0.2, 0.25) is 0 Å². The summed E-state index contributed by atoms with van der Waals surface area (Å²) < 4.78 is 23.6. The number of carboxylic acid groups (broad SMARTS) is 1. The summed E-state index contributed by atoms with van der Waals surface area (Å²) in [4.78, 5) is 24.1. The van der Waals surface area contributed by atoms with Crippen LogP contribution in [0.1, 0.15) is 53.9 Å². The molecule has 1 aliphatic carbocycles. The zero-order valence-corrected chi connectivity index (χ0v) is 18.3. The van der Waals surface area contributed by atoms with Crippen molar-refractivity contribution in [1.29, 1.82) is 0 Å². The molecule has 2 heterocycles. The number of hydrogen-bond acceptors (Lipinski definition) is 6. The van der Waals surface area contributed by atoms with Crippen molar-refractivity contribution in [2.75, 3.05) is 13.7 Å². The number of carboxylic acids is 1. The monoisotopic (exact) mass is 410 g/mol. The van der Waals surface area contributed by atoms with E-state index in [1.807, 2.05) is 0 Å². The summed E-state index contributed by atoms with van der Waals surface area (Å²) >= 11 is 0. The van der Waals surface area contributed by atoms with Gasteiger partial charge in [-0.15, -0.1) is 0 Å². The predicted molar refractivity (Wildman–Crippen MR) is 105 cm³/mol. The van der Waals surface area contributed by atoms with Crippen molar-refractivity contribution in [2.24, 2.45) is 17.8 Å². The van der Waals surface area contributed by atoms with Crippen LogP contribution in [0.15, 0.2) is 11.6 Å². The van der Waals surface area contributed by atoms with E-state index < -0.39 is 35.7 Å². The Labute approximate surface area is 172 Å². The highest BCUT2D eigenvalue weighted by Gasteiger charge is 2.72. The molecule has 7 atom stereocenters. The van der Waals surface area contributed by atoms with E-state index in [2.05, 4.69) is 26.8 Å². The van der Waals surface area contributed by atoms with Crippen LogP contribution in [-0.2, 0) is 28.5 Å². The van der Waals surface area contributed by atoms with Crippen LogP contribution in [0.5, 0.6) is 0 Å². The lowest BCUT2D eigenvalue weighted by atomic mass is 9.68. The minimum Gasteiger partial charge on any atom is -0.481 e. The lowest BCUT2D eigenvalue weighted by Gasteiger charge is -2.43. The Morgan fingerprint density at radius 2 is 1.97 bits per heavy atom. The van der Waals surface area contributed by atoms with Crippen molar-refractivity contribution < 1.29 is 33.6 Å². The van der Waals surface area contributed by atoms with E-state index in [9.17, 15) is 14.7 Å². The summed E-state index contributed by atoms with van der Waals surface area (Å²) in [6, 6.07) is 0. The second-order valence-corrected chi connectivity index (χ2v) is 9.41. The predicted octanol–water partition coefficient (Wildman–Crippen LogP) is 2.96. The van der Waals surface area contributed by atoms with Gasteiger partial charge in [-0.2, -0.15) is 0 Å². The Bertz CT molecular complexity index is 677. The second-order valence-electron chi connectivity index (χ2n) is 9.41. The van der Waals surface area contributed by atoms with Gasteiger partial charge in [-0.1, -0.05) is 25.5 Å². The smallest absolute Gasteiger partial charge is 0.320 e. The number of aliphatic carboxylic acids is 1. The maximum absolute atomic E-state index is 12.6. The molecule has 1 unspecified atom stereocenters. The molecule has 2 aliphatic heterocycles. The lowest BCUT2D eigenvalue weighted by molar-refractivity contribution is -0.181. The first-order valence-electron chi connectivity index (χ1n) is 10.5. The number of hydrogen-bond donors (Lipinski definition) is 1. The Morgan fingerprint density at radius 1 is 1.31 bits per heavy atom. The van der Waals surface area contributed by atoms with E-state index in [0.29, 0.717) is 13.0 Å². The zero-order valence-electron chi connectivity index (χ0n) is 18.3. The van der Waals surface area contributed by atoms with Gasteiger partial charge < -0.3 is 24.1 Å². The molecule has 1 saturated carbocycles. The summed E-state index contributed by atoms with van der Waals surface area (Å²) in [5.41, 5.74) is 0.521. The quantitative estimate of drug-likeness (QED) is 0.284. The van der Waals surface area contributed by atoms with E-state index in [-0.39, 0.29) is 23.5 Å². The summed E-state index contributed by atoms with van der Waals surface area (Å²) in [6.45, 7) is 10.3. The molecule has 0 bridgehead atoms. The molecule has 0 amide bonds. The third-order valence-electron chi connectivity index (χ3n) is 6.69. The number of ether oxygens (including phenoxy) is 4. The molecule has 0 radical (unpaired) electrons. The Hall–Kier alpha value is -1.44. The topological polar surface area (TPSA) is 97.9 Å². The Balaban J connectivity index is 1.78. The largest absolute Gasteiger partial charge is 0.481 e. The molecule has 2 saturated heterocycles. The number of esters is 1. The van der Waals surface area contributed by atoms with E-state index in [0.717, 1.165) is 12.8 Å². The molecule has 0 aromatic carbocycles. The van der Waals surface area contributed by atoms with Crippen molar-refractivity contribution in [3.63, 3.8) is 0 Å². The highest BCUT2D eigenvalue weighted by molar-refractivity contribution is 5.94. The minimum atomic E-state index is -1.18. The van der Waals surface area contributed by atoms with E-state index >= 15 is 0 Å². The summed E-state index contributed by atoms with van der Waals surface area (Å²) in [5.74, 6) is -3.47. The number of carbonyl (C=O) groups is 2. The Kier molecular flexibility index (Phi) is 6.14. The summed E-state index contributed by atoms with van der Waals surface area (Å²) in [7, 11) is 1.61. The van der Waals surface area contributed by atoms with E-state index in [4.69, 9.17) is 18.9 Å². The molecule has 3 fully saturated rings. The van der Waals surface area contributed by atoms with E-state index in [1.54, 1.807) is 21.0 Å². The third-order valence-corrected chi connectivity index (χ3v) is 6.69. The molecule has 3 aliphatic rings. The van der Waals surface area contributed by atoms with Crippen molar-refractivity contribution in [3.05, 3.63) is 11.6 Å². The van der Waals surface area contributed by atoms with Crippen molar-refractivity contribution in [2.45, 2.75) is 83.4 Å². The fraction of sp³-hybridized carbons (Fsp3) is 0.818. The van der Waals surface area contributed by atoms with Crippen LogP contribution in [0.25, 0.3) is 0 Å². The highest BCUT2D eigenvalue weighted by Crippen LogP contribution is 2.59. The third kappa shape index (κ3) is 4.23. The van der Waals surface area contributed by atoms with Gasteiger partial charge in [-0.05, 0) is 46.0 Å². The number of epoxide rings is 2. The first kappa shape index (κ1) is 22.2. The molecular formula is C22H34O7. The normalized spacial score (nSPS) is 39.1. The van der Waals surface area contributed by atoms with Crippen molar-refractivity contribution in [1.82, 2.24) is 0 Å². The molecule has 0 aromatic heterocycles. The fourth-order valence-electron chi connectivity index (χ4n) is 4.95. The van der Waals surface area contributed by atoms with Crippen LogP contribution in [0.4, 0.5) is 0 Å². The molecule has 7 nitrogen and oxygen atoms in total. The number of methoxy groups -OCH3 is 1. The molecule has 1 N–H and O–H groups in total. The fourth-order valence-corrected chi connectivity index (χ4v) is 4.95. The van der Waals surface area contributed by atoms with Gasteiger partial charge in [0.2, 0.25) is 0 Å². The molecule has 0 aromatic rings. The van der Waals surface area contributed by atoms with Crippen molar-refractivity contribution >= 4 is 11.9 Å². The number of carbonyl (C=O) groups excluding carboxylic acids is 1. The van der Waals surface area contributed by atoms with Crippen LogP contribution in [0.3, 0.4) is 0 Å². The van der Waals surface area contributed by atoms with Crippen LogP contribution < -0.4 is 0 Å². The molecule has 1 spiro atoms. The van der Waals surface area contributed by atoms with Crippen LogP contribution in [0, 0.1) is 17.8 Å². The molecule has 164 valence electrons. The molecule has 3 rings (SSSR count). The standard InChI is InChI=1S/C22H34O7/c1-12(2)7-8-15-21(5,29-15)18-17(26-6)14(9-10-22(18)11-27-22)28-20(25)16(13(3)4)19(23)24/h7,13-18H,8-11H2,1-6H3,(H,23,24)/t14-,15-,16?,17-,18-,21+,22+/m1/s1. The van der Waals surface area contributed by atoms with Gasteiger partial charge in [0.05, 0.1) is 18.6 Å². The van der Waals surface area contributed by atoms with Crippen LogP contribution >= 0.6 is 0 Å². The second kappa shape index (κ2) is 8.00. The van der Waals surface area contributed by atoms with Crippen molar-refractivity contribution in [3.8, 4) is 0 Å². The van der Waals surface area contributed by atoms with Crippen LogP contribution in [-0.4, -0.2) is 60.3 Å². The molecule has 7 heteroatoms. The lowest BCUT2D eigenvalue weighted by Crippen LogP contribution is -2.56. The Morgan fingerprint density at radius 3 is 2.45 bits per heavy atom. The summed E-state index contributed by atoms with van der Waals surface area (Å²) in [6.07, 6.45) is 3.46. The van der Waals surface area contributed by atoms with Gasteiger partial charge in [0.25, 0.3) is 0 Å². The first-order valence-corrected chi connectivity index (χ1v) is 10.5. The van der Waals surface area contributed by atoms with Gasteiger partial charge in [0, 0.05) is 7.11 Å². The highest BCUT2D eigenvalue weighted by atomic mass is 16.6. The maximum atomic E-state index is 12.6. The van der Waals surface area contributed by atoms with Gasteiger partial charge in [-0.3, -0.25) is 9.59 Å². The SMILES string of the molecule is CO[C@@H]1[C@H](OC(=O)C(C(=O)O)C(C)C)CC[C@]2(CO2)[C@H]1[C@@]1(C)O[C@@H]1CC=C(C)C. The average molecular weight is 411 g/mol. The van der Waals surface area contributed by atoms with Gasteiger partial charge in [0.15, 0.2) is 5.92 Å². The van der Waals surface area contributed by atoms with Gasteiger partial charge in [-0.25, -0.2) is 0 Å².